The normalized spacial score (nSPS) is 26.3. The smallest absolute Gasteiger partial charge is 0.319 e. The van der Waals surface area contributed by atoms with E-state index in [4.69, 9.17) is 0 Å². The van der Waals surface area contributed by atoms with Gasteiger partial charge in [0.25, 0.3) is 5.91 Å². The van der Waals surface area contributed by atoms with E-state index >= 15 is 0 Å². The highest BCUT2D eigenvalue weighted by Crippen LogP contribution is 2.41. The Bertz CT molecular complexity index is 889. The van der Waals surface area contributed by atoms with Gasteiger partial charge in [0, 0.05) is 11.7 Å². The number of allylic oxidation sites excluding steroid dienone is 2. The van der Waals surface area contributed by atoms with Crippen molar-refractivity contribution in [1.29, 1.82) is 0 Å². The average Bonchev–Trinajstić information content (AvgIpc) is 3.43. The summed E-state index contributed by atoms with van der Waals surface area (Å²) < 4.78 is 0. The minimum Gasteiger partial charge on any atom is -0.319 e. The molecule has 146 valence electrons. The lowest BCUT2D eigenvalue weighted by Crippen LogP contribution is -2.45. The number of aryl methyl sites for hydroxylation is 1. The molecule has 28 heavy (non-hydrogen) atoms. The van der Waals surface area contributed by atoms with Gasteiger partial charge in [-0.15, -0.1) is 0 Å². The van der Waals surface area contributed by atoms with Crippen molar-refractivity contribution in [1.82, 2.24) is 15.1 Å². The number of nitrogens with one attached hydrogen (secondary N) is 1. The van der Waals surface area contributed by atoms with E-state index in [0.29, 0.717) is 6.42 Å². The minimum absolute atomic E-state index is 0.137. The molecule has 1 spiro atoms. The third-order valence-corrected chi connectivity index (χ3v) is 6.47. The Hall–Kier alpha value is -2.63. The Morgan fingerprint density at radius 2 is 2.00 bits per heavy atom. The van der Waals surface area contributed by atoms with Gasteiger partial charge in [0.15, 0.2) is 0 Å². The van der Waals surface area contributed by atoms with Crippen LogP contribution in [0.15, 0.2) is 36.0 Å². The van der Waals surface area contributed by atoms with Crippen molar-refractivity contribution in [2.75, 3.05) is 6.54 Å². The zero-order chi connectivity index (χ0) is 19.3. The standard InChI is InChI=1S/C22H25N3O3/c26-19(25(17-10-11-17)16-7-2-1-3-8-16)14-24-20(27)22(23-21(24)28)13-12-15-6-4-5-9-18(15)22/h4-7,9,17H,1-3,8,10-14H2,(H,23,28)/t22-/m0/s1. The molecule has 2 fully saturated rings. The molecule has 1 aromatic rings. The highest BCUT2D eigenvalue weighted by atomic mass is 16.2. The molecule has 0 aromatic heterocycles. The van der Waals surface area contributed by atoms with Gasteiger partial charge < -0.3 is 10.2 Å². The second kappa shape index (κ2) is 6.47. The number of urea groups is 1. The number of benzene rings is 1. The molecular formula is C22H25N3O3. The number of rotatable bonds is 4. The summed E-state index contributed by atoms with van der Waals surface area (Å²) in [6.07, 6.45) is 9.61. The molecule has 6 heteroatoms. The van der Waals surface area contributed by atoms with Crippen LogP contribution in [0.25, 0.3) is 0 Å². The second-order valence-electron chi connectivity index (χ2n) is 8.32. The van der Waals surface area contributed by atoms with Gasteiger partial charge in [-0.05, 0) is 62.5 Å². The number of nitrogens with zero attached hydrogens (tertiary/aromatic N) is 2. The molecule has 0 radical (unpaired) electrons. The topological polar surface area (TPSA) is 69.7 Å². The predicted molar refractivity (Wildman–Crippen MR) is 103 cm³/mol. The highest BCUT2D eigenvalue weighted by Gasteiger charge is 2.55. The van der Waals surface area contributed by atoms with E-state index in [0.717, 1.165) is 66.7 Å². The van der Waals surface area contributed by atoms with E-state index in [1.165, 1.54) is 0 Å². The second-order valence-corrected chi connectivity index (χ2v) is 8.32. The monoisotopic (exact) mass is 379 g/mol. The maximum absolute atomic E-state index is 13.3. The maximum Gasteiger partial charge on any atom is 0.325 e. The van der Waals surface area contributed by atoms with Crippen molar-refractivity contribution in [3.63, 3.8) is 0 Å². The van der Waals surface area contributed by atoms with Crippen molar-refractivity contribution in [2.24, 2.45) is 0 Å². The zero-order valence-electron chi connectivity index (χ0n) is 15.9. The first-order chi connectivity index (χ1) is 13.6. The van der Waals surface area contributed by atoms with Crippen LogP contribution in [0.2, 0.25) is 0 Å². The number of carbonyl (C=O) groups is 3. The number of hydrogen-bond donors (Lipinski definition) is 1. The van der Waals surface area contributed by atoms with Crippen LogP contribution >= 0.6 is 0 Å². The van der Waals surface area contributed by atoms with Gasteiger partial charge in [0.05, 0.1) is 0 Å². The lowest BCUT2D eigenvalue weighted by atomic mass is 9.92. The van der Waals surface area contributed by atoms with Crippen LogP contribution in [0.3, 0.4) is 0 Å². The molecule has 3 aliphatic carbocycles. The van der Waals surface area contributed by atoms with Crippen LogP contribution in [-0.4, -0.2) is 40.2 Å². The van der Waals surface area contributed by atoms with Crippen molar-refractivity contribution in [3.05, 3.63) is 47.2 Å². The molecule has 6 nitrogen and oxygen atoms in total. The summed E-state index contributed by atoms with van der Waals surface area (Å²) in [5.41, 5.74) is 2.04. The Morgan fingerprint density at radius 1 is 1.18 bits per heavy atom. The predicted octanol–water partition coefficient (Wildman–Crippen LogP) is 2.83. The number of hydrogen-bond acceptors (Lipinski definition) is 3. The molecule has 1 saturated heterocycles. The Balaban J connectivity index is 1.38. The third-order valence-electron chi connectivity index (χ3n) is 6.47. The first-order valence-corrected chi connectivity index (χ1v) is 10.3. The van der Waals surface area contributed by atoms with Crippen molar-refractivity contribution in [2.45, 2.75) is 62.9 Å². The van der Waals surface area contributed by atoms with Crippen LogP contribution < -0.4 is 5.32 Å². The molecule has 5 rings (SSSR count). The largest absolute Gasteiger partial charge is 0.325 e. The molecule has 1 heterocycles. The average molecular weight is 379 g/mol. The van der Waals surface area contributed by atoms with E-state index in [9.17, 15) is 14.4 Å². The van der Waals surface area contributed by atoms with Crippen molar-refractivity contribution in [3.8, 4) is 0 Å². The molecule has 4 aliphatic rings. The van der Waals surface area contributed by atoms with Gasteiger partial charge in [-0.1, -0.05) is 30.3 Å². The third kappa shape index (κ3) is 2.65. The zero-order valence-corrected chi connectivity index (χ0v) is 15.9. The van der Waals surface area contributed by atoms with E-state index in [1.807, 2.05) is 29.2 Å². The Morgan fingerprint density at radius 3 is 2.75 bits per heavy atom. The molecule has 1 N–H and O–H groups in total. The lowest BCUT2D eigenvalue weighted by Gasteiger charge is -2.29. The molecule has 0 bridgehead atoms. The van der Waals surface area contributed by atoms with Crippen LogP contribution in [0.4, 0.5) is 4.79 Å². The Labute approximate surface area is 164 Å². The number of amides is 4. The summed E-state index contributed by atoms with van der Waals surface area (Å²) in [6.45, 7) is -0.178. The van der Waals surface area contributed by atoms with Gasteiger partial charge in [-0.25, -0.2) is 4.79 Å². The maximum atomic E-state index is 13.3. The molecular weight excluding hydrogens is 354 g/mol. The Kier molecular flexibility index (Phi) is 4.03. The summed E-state index contributed by atoms with van der Waals surface area (Å²) in [6, 6.07) is 7.54. The van der Waals surface area contributed by atoms with Gasteiger partial charge >= 0.3 is 6.03 Å². The van der Waals surface area contributed by atoms with Crippen LogP contribution in [0.5, 0.6) is 0 Å². The fourth-order valence-corrected chi connectivity index (χ4v) is 4.92. The first kappa shape index (κ1) is 17.5. The SMILES string of the molecule is O=C1N[C@]2(CCc3ccccc32)C(=O)N1CC(=O)N(C1=CCCCC1)C1CC1. The van der Waals surface area contributed by atoms with Crippen molar-refractivity contribution >= 4 is 17.8 Å². The molecule has 1 aromatic carbocycles. The minimum atomic E-state index is -0.998. The van der Waals surface area contributed by atoms with Gasteiger partial charge in [-0.2, -0.15) is 0 Å². The number of fused-ring (bicyclic) bond motifs is 2. The summed E-state index contributed by atoms with van der Waals surface area (Å²) in [5.74, 6) is -0.424. The molecule has 1 atom stereocenters. The van der Waals surface area contributed by atoms with Gasteiger partial charge in [0.2, 0.25) is 5.91 Å². The van der Waals surface area contributed by atoms with Crippen LogP contribution in [0, 0.1) is 0 Å². The van der Waals surface area contributed by atoms with E-state index < -0.39 is 11.6 Å². The molecule has 4 amide bonds. The highest BCUT2D eigenvalue weighted by molar-refractivity contribution is 6.10. The molecule has 0 unspecified atom stereocenters. The fraction of sp³-hybridized carbons (Fsp3) is 0.500. The van der Waals surface area contributed by atoms with Gasteiger partial charge in [0.1, 0.15) is 12.1 Å². The van der Waals surface area contributed by atoms with Crippen LogP contribution in [0.1, 0.15) is 56.1 Å². The number of imide groups is 1. The van der Waals surface area contributed by atoms with E-state index in [1.54, 1.807) is 0 Å². The van der Waals surface area contributed by atoms with Crippen LogP contribution in [-0.2, 0) is 21.5 Å². The fourth-order valence-electron chi connectivity index (χ4n) is 4.92. The van der Waals surface area contributed by atoms with Crippen molar-refractivity contribution < 1.29 is 14.4 Å². The van der Waals surface area contributed by atoms with E-state index in [-0.39, 0.29) is 24.4 Å². The summed E-state index contributed by atoms with van der Waals surface area (Å²) in [4.78, 5) is 42.1. The summed E-state index contributed by atoms with van der Waals surface area (Å²) in [7, 11) is 0. The summed E-state index contributed by atoms with van der Waals surface area (Å²) in [5, 5.41) is 2.91. The first-order valence-electron chi connectivity index (χ1n) is 10.3. The lowest BCUT2D eigenvalue weighted by molar-refractivity contribution is -0.138. The molecule has 1 aliphatic heterocycles. The van der Waals surface area contributed by atoms with Gasteiger partial charge in [-0.3, -0.25) is 14.5 Å². The quantitative estimate of drug-likeness (QED) is 0.818. The molecule has 1 saturated carbocycles. The number of carbonyl (C=O) groups excluding carboxylic acids is 3. The summed E-state index contributed by atoms with van der Waals surface area (Å²) >= 11 is 0. The van der Waals surface area contributed by atoms with E-state index in [2.05, 4.69) is 11.4 Å².